The van der Waals surface area contributed by atoms with E-state index < -0.39 is 6.10 Å². The lowest BCUT2D eigenvalue weighted by Crippen LogP contribution is -2.27. The van der Waals surface area contributed by atoms with E-state index in [0.29, 0.717) is 12.5 Å². The summed E-state index contributed by atoms with van der Waals surface area (Å²) >= 11 is 0. The van der Waals surface area contributed by atoms with E-state index in [4.69, 9.17) is 9.47 Å². The smallest absolute Gasteiger partial charge is 0.0971 e. The Morgan fingerprint density at radius 1 is 1.05 bits per heavy atom. The third-order valence-corrected chi connectivity index (χ3v) is 4.32. The highest BCUT2D eigenvalue weighted by molar-refractivity contribution is 5.26. The van der Waals surface area contributed by atoms with E-state index in [1.807, 2.05) is 12.1 Å². The van der Waals surface area contributed by atoms with Gasteiger partial charge in [-0.05, 0) is 17.0 Å². The van der Waals surface area contributed by atoms with Gasteiger partial charge in [0.05, 0.1) is 18.3 Å². The van der Waals surface area contributed by atoms with Gasteiger partial charge in [0.1, 0.15) is 0 Å². The second-order valence-electron chi connectivity index (χ2n) is 6.10. The molecule has 1 heterocycles. The summed E-state index contributed by atoms with van der Waals surface area (Å²) in [5.41, 5.74) is 2.26. The van der Waals surface area contributed by atoms with Crippen LogP contribution in [0.15, 0.2) is 24.3 Å². The Morgan fingerprint density at radius 3 is 1.95 bits per heavy atom. The Labute approximate surface area is 127 Å². The lowest BCUT2D eigenvalue weighted by atomic mass is 10.00. The molecule has 4 heteroatoms. The maximum Gasteiger partial charge on any atom is 0.0971 e. The fourth-order valence-electron chi connectivity index (χ4n) is 2.87. The quantitative estimate of drug-likeness (QED) is 0.873. The lowest BCUT2D eigenvalue weighted by Gasteiger charge is -2.20. The summed E-state index contributed by atoms with van der Waals surface area (Å²) in [6.45, 7) is 6.56. The Kier molecular flexibility index (Phi) is 5.76. The number of hydrogen-bond acceptors (Lipinski definition) is 4. The highest BCUT2D eigenvalue weighted by Crippen LogP contribution is 2.22. The number of hydrogen-bond donors (Lipinski definition) is 1. The van der Waals surface area contributed by atoms with Crippen molar-refractivity contribution in [1.82, 2.24) is 4.90 Å². The molecule has 0 aromatic heterocycles. The summed E-state index contributed by atoms with van der Waals surface area (Å²) in [5, 5.41) is 10.4. The highest BCUT2D eigenvalue weighted by Gasteiger charge is 2.33. The maximum absolute atomic E-state index is 10.4. The van der Waals surface area contributed by atoms with Crippen LogP contribution in [-0.4, -0.2) is 56.1 Å². The molecule has 4 nitrogen and oxygen atoms in total. The zero-order valence-corrected chi connectivity index (χ0v) is 13.5. The summed E-state index contributed by atoms with van der Waals surface area (Å²) in [6, 6.07) is 8.25. The van der Waals surface area contributed by atoms with Crippen molar-refractivity contribution in [3.8, 4) is 0 Å². The molecule has 0 saturated carbocycles. The van der Waals surface area contributed by atoms with Crippen molar-refractivity contribution in [3.63, 3.8) is 0 Å². The third-order valence-electron chi connectivity index (χ3n) is 4.32. The molecule has 0 bridgehead atoms. The number of ether oxygens (including phenoxy) is 2. The van der Waals surface area contributed by atoms with Crippen LogP contribution in [0.5, 0.6) is 0 Å². The molecule has 2 rings (SSSR count). The van der Waals surface area contributed by atoms with Crippen LogP contribution in [-0.2, 0) is 9.47 Å². The molecule has 118 valence electrons. The van der Waals surface area contributed by atoms with Crippen molar-refractivity contribution in [3.05, 3.63) is 35.4 Å². The number of rotatable bonds is 6. The molecular formula is C17H27NO3. The van der Waals surface area contributed by atoms with Gasteiger partial charge < -0.3 is 14.6 Å². The van der Waals surface area contributed by atoms with Gasteiger partial charge in [-0.1, -0.05) is 38.1 Å². The van der Waals surface area contributed by atoms with E-state index in [2.05, 4.69) is 30.9 Å². The van der Waals surface area contributed by atoms with E-state index in [1.54, 1.807) is 14.2 Å². The van der Waals surface area contributed by atoms with Crippen molar-refractivity contribution < 1.29 is 14.6 Å². The normalized spacial score (nSPS) is 24.7. The number of aliphatic hydroxyl groups is 1. The van der Waals surface area contributed by atoms with Gasteiger partial charge in [0.15, 0.2) is 0 Å². The van der Waals surface area contributed by atoms with E-state index in [1.165, 1.54) is 5.56 Å². The van der Waals surface area contributed by atoms with Crippen LogP contribution in [0.2, 0.25) is 0 Å². The minimum Gasteiger partial charge on any atom is -0.387 e. The van der Waals surface area contributed by atoms with E-state index in [0.717, 1.165) is 18.7 Å². The summed E-state index contributed by atoms with van der Waals surface area (Å²) in [5.74, 6) is 0.514. The molecule has 1 aromatic rings. The second-order valence-corrected chi connectivity index (χ2v) is 6.10. The molecule has 3 unspecified atom stereocenters. The second kappa shape index (κ2) is 7.36. The maximum atomic E-state index is 10.4. The first kappa shape index (κ1) is 16.4. The molecule has 21 heavy (non-hydrogen) atoms. The topological polar surface area (TPSA) is 41.9 Å². The number of likely N-dealkylation sites (tertiary alicyclic amines) is 1. The average Bonchev–Trinajstić information content (AvgIpc) is 2.89. The van der Waals surface area contributed by atoms with Gasteiger partial charge in [0, 0.05) is 33.9 Å². The van der Waals surface area contributed by atoms with Crippen LogP contribution in [0.25, 0.3) is 0 Å². The zero-order chi connectivity index (χ0) is 15.4. The van der Waals surface area contributed by atoms with Crippen molar-refractivity contribution in [2.45, 2.75) is 38.1 Å². The SMILES string of the molecule is COC1CN(CC(O)c2ccc(C(C)C)cc2)CC1OC. The van der Waals surface area contributed by atoms with Crippen molar-refractivity contribution >= 4 is 0 Å². The predicted molar refractivity (Wildman–Crippen MR) is 83.5 cm³/mol. The summed E-state index contributed by atoms with van der Waals surface area (Å²) in [6.07, 6.45) is -0.296. The van der Waals surface area contributed by atoms with Crippen LogP contribution in [0.4, 0.5) is 0 Å². The summed E-state index contributed by atoms with van der Waals surface area (Å²) in [4.78, 5) is 2.20. The summed E-state index contributed by atoms with van der Waals surface area (Å²) < 4.78 is 10.9. The molecule has 0 amide bonds. The first-order valence-corrected chi connectivity index (χ1v) is 7.61. The molecular weight excluding hydrogens is 266 g/mol. The fraction of sp³-hybridized carbons (Fsp3) is 0.647. The lowest BCUT2D eigenvalue weighted by molar-refractivity contribution is -0.00461. The molecule has 1 saturated heterocycles. The fourth-order valence-corrected chi connectivity index (χ4v) is 2.87. The van der Waals surface area contributed by atoms with Crippen molar-refractivity contribution in [2.24, 2.45) is 0 Å². The van der Waals surface area contributed by atoms with Crippen LogP contribution in [0.1, 0.15) is 37.0 Å². The van der Waals surface area contributed by atoms with Gasteiger partial charge in [-0.2, -0.15) is 0 Å². The van der Waals surface area contributed by atoms with Gasteiger partial charge in [0.2, 0.25) is 0 Å². The molecule has 3 atom stereocenters. The molecule has 1 N–H and O–H groups in total. The van der Waals surface area contributed by atoms with Gasteiger partial charge in [-0.25, -0.2) is 0 Å². The average molecular weight is 293 g/mol. The molecule has 1 aliphatic rings. The highest BCUT2D eigenvalue weighted by atomic mass is 16.5. The van der Waals surface area contributed by atoms with E-state index >= 15 is 0 Å². The van der Waals surface area contributed by atoms with Crippen LogP contribution in [0.3, 0.4) is 0 Å². The van der Waals surface area contributed by atoms with Crippen molar-refractivity contribution in [1.29, 1.82) is 0 Å². The number of β-amino-alcohol motifs (C(OH)–C–C–N with tert-alkyl or cyclic N) is 1. The van der Waals surface area contributed by atoms with Gasteiger partial charge in [0.25, 0.3) is 0 Å². The largest absolute Gasteiger partial charge is 0.387 e. The van der Waals surface area contributed by atoms with Gasteiger partial charge in [-0.3, -0.25) is 4.90 Å². The predicted octanol–water partition coefficient (Wildman–Crippen LogP) is 2.19. The van der Waals surface area contributed by atoms with Gasteiger partial charge in [-0.15, -0.1) is 0 Å². The molecule has 0 aliphatic carbocycles. The minimum atomic E-state index is -0.473. The Bertz CT molecular complexity index is 420. The Balaban J connectivity index is 1.94. The van der Waals surface area contributed by atoms with E-state index in [-0.39, 0.29) is 12.2 Å². The monoisotopic (exact) mass is 293 g/mol. The van der Waals surface area contributed by atoms with Gasteiger partial charge >= 0.3 is 0 Å². The molecule has 1 fully saturated rings. The molecule has 1 aliphatic heterocycles. The number of methoxy groups -OCH3 is 2. The van der Waals surface area contributed by atoms with Crippen LogP contribution >= 0.6 is 0 Å². The van der Waals surface area contributed by atoms with Crippen LogP contribution in [0, 0.1) is 0 Å². The van der Waals surface area contributed by atoms with Crippen molar-refractivity contribution in [2.75, 3.05) is 33.9 Å². The minimum absolute atomic E-state index is 0.0884. The number of aliphatic hydroxyl groups excluding tert-OH is 1. The van der Waals surface area contributed by atoms with E-state index in [9.17, 15) is 5.11 Å². The number of nitrogens with zero attached hydrogens (tertiary/aromatic N) is 1. The standard InChI is InChI=1S/C17H27NO3/c1-12(2)13-5-7-14(8-6-13)15(19)9-18-10-16(20-3)17(11-18)21-4/h5-8,12,15-17,19H,9-11H2,1-4H3. The Hall–Kier alpha value is -0.940. The zero-order valence-electron chi connectivity index (χ0n) is 13.5. The first-order valence-electron chi connectivity index (χ1n) is 7.61. The first-order chi connectivity index (χ1) is 10.0. The van der Waals surface area contributed by atoms with Crippen LogP contribution < -0.4 is 0 Å². The Morgan fingerprint density at radius 2 is 1.52 bits per heavy atom. The molecule has 0 spiro atoms. The molecule has 0 radical (unpaired) electrons. The molecule has 1 aromatic carbocycles. The number of benzene rings is 1. The third kappa shape index (κ3) is 4.04. The summed E-state index contributed by atoms with van der Waals surface area (Å²) in [7, 11) is 3.42.